The molecule has 128 valence electrons. The van der Waals surface area contributed by atoms with Crippen molar-refractivity contribution in [3.8, 4) is 0 Å². The van der Waals surface area contributed by atoms with Crippen LogP contribution in [0.1, 0.15) is 47.1 Å². The molecule has 0 saturated carbocycles. The van der Waals surface area contributed by atoms with Crippen molar-refractivity contribution in [1.82, 2.24) is 9.88 Å². The number of pyridine rings is 1. The lowest BCUT2D eigenvalue weighted by molar-refractivity contribution is -0.140. The molecule has 23 heavy (non-hydrogen) atoms. The summed E-state index contributed by atoms with van der Waals surface area (Å²) in [6, 6.07) is 4.08. The molecule has 2 heterocycles. The van der Waals surface area contributed by atoms with Gasteiger partial charge in [0.2, 0.25) is 0 Å². The van der Waals surface area contributed by atoms with Crippen molar-refractivity contribution in [1.29, 1.82) is 0 Å². The fourth-order valence-corrected chi connectivity index (χ4v) is 3.17. The first kappa shape index (κ1) is 17.7. The maximum absolute atomic E-state index is 13.4. The topological polar surface area (TPSA) is 36.4 Å². The number of amides is 1. The Morgan fingerprint density at radius 2 is 1.83 bits per heavy atom. The molecule has 0 radical (unpaired) electrons. The first-order valence-corrected chi connectivity index (χ1v) is 8.29. The van der Waals surface area contributed by atoms with Gasteiger partial charge < -0.3 is 9.80 Å². The second kappa shape index (κ2) is 6.46. The summed E-state index contributed by atoms with van der Waals surface area (Å²) < 4.78 is 13.4. The van der Waals surface area contributed by atoms with Crippen molar-refractivity contribution in [3.63, 3.8) is 0 Å². The molecule has 0 aromatic carbocycles. The molecule has 3 atom stereocenters. The largest absolute Gasteiger partial charge is 0.353 e. The molecule has 2 rings (SSSR count). The van der Waals surface area contributed by atoms with Crippen LogP contribution in [0, 0.1) is 0 Å². The van der Waals surface area contributed by atoms with E-state index in [0.29, 0.717) is 13.1 Å². The predicted molar refractivity (Wildman–Crippen MR) is 91.5 cm³/mol. The minimum Gasteiger partial charge on any atom is -0.353 e. The lowest BCUT2D eigenvalue weighted by Gasteiger charge is -2.45. The summed E-state index contributed by atoms with van der Waals surface area (Å²) in [6.07, 6.45) is 0.474. The second-order valence-electron chi connectivity index (χ2n) is 7.62. The molecule has 0 aliphatic carbocycles. The van der Waals surface area contributed by atoms with Crippen LogP contribution in [0.15, 0.2) is 18.3 Å². The molecular weight excluding hydrogens is 293 g/mol. The van der Waals surface area contributed by atoms with E-state index in [1.807, 2.05) is 26.1 Å². The molecule has 1 aromatic heterocycles. The third-order valence-corrected chi connectivity index (χ3v) is 4.45. The van der Waals surface area contributed by atoms with Crippen LogP contribution in [0.2, 0.25) is 0 Å². The molecule has 0 N–H and O–H groups in total. The Balaban J connectivity index is 2.14. The highest BCUT2D eigenvalue weighted by molar-refractivity contribution is 5.81. The molecule has 5 heteroatoms. The Labute approximate surface area is 138 Å². The van der Waals surface area contributed by atoms with E-state index in [1.54, 1.807) is 4.90 Å². The van der Waals surface area contributed by atoms with Crippen LogP contribution < -0.4 is 4.90 Å². The molecule has 1 aliphatic heterocycles. The number of halogens is 1. The highest BCUT2D eigenvalue weighted by Gasteiger charge is 2.35. The molecule has 1 amide bonds. The van der Waals surface area contributed by atoms with Crippen molar-refractivity contribution in [2.24, 2.45) is 0 Å². The second-order valence-corrected chi connectivity index (χ2v) is 7.62. The van der Waals surface area contributed by atoms with Gasteiger partial charge in [-0.25, -0.2) is 9.37 Å². The van der Waals surface area contributed by atoms with E-state index >= 15 is 0 Å². The van der Waals surface area contributed by atoms with Gasteiger partial charge in [-0.1, -0.05) is 26.8 Å². The first-order valence-electron chi connectivity index (χ1n) is 8.29. The van der Waals surface area contributed by atoms with Crippen LogP contribution in [0.25, 0.3) is 0 Å². The Kier molecular flexibility index (Phi) is 4.97. The van der Waals surface area contributed by atoms with E-state index in [9.17, 15) is 9.18 Å². The van der Waals surface area contributed by atoms with E-state index in [2.05, 4.69) is 36.7 Å². The third kappa shape index (κ3) is 3.82. The van der Waals surface area contributed by atoms with Gasteiger partial charge in [-0.2, -0.15) is 0 Å². The zero-order chi connectivity index (χ0) is 17.4. The molecule has 1 aliphatic rings. The summed E-state index contributed by atoms with van der Waals surface area (Å²) in [5, 5.41) is 0. The van der Waals surface area contributed by atoms with Crippen LogP contribution in [-0.4, -0.2) is 47.1 Å². The highest BCUT2D eigenvalue weighted by atomic mass is 19.1. The minimum absolute atomic E-state index is 0.0338. The van der Waals surface area contributed by atoms with Gasteiger partial charge in [-0.05, 0) is 37.8 Å². The molecule has 4 nitrogen and oxygen atoms in total. The maximum atomic E-state index is 13.4. The minimum atomic E-state index is -1.45. The van der Waals surface area contributed by atoms with Gasteiger partial charge in [0.15, 0.2) is 6.17 Å². The summed E-state index contributed by atoms with van der Waals surface area (Å²) in [5.41, 5.74) is 1.27. The van der Waals surface area contributed by atoms with Gasteiger partial charge in [-0.15, -0.1) is 0 Å². The SMILES string of the molecule is CC(F)C(=O)N1C(C)CN(c2ccc(C(C)(C)C)cn2)CC1C. The fourth-order valence-electron chi connectivity index (χ4n) is 3.17. The Morgan fingerprint density at radius 1 is 1.26 bits per heavy atom. The lowest BCUT2D eigenvalue weighted by atomic mass is 9.88. The number of hydrogen-bond acceptors (Lipinski definition) is 3. The maximum Gasteiger partial charge on any atom is 0.257 e. The normalized spacial score (nSPS) is 23.8. The van der Waals surface area contributed by atoms with Crippen molar-refractivity contribution in [2.45, 2.75) is 65.2 Å². The van der Waals surface area contributed by atoms with Crippen LogP contribution in [-0.2, 0) is 10.2 Å². The summed E-state index contributed by atoms with van der Waals surface area (Å²) in [6.45, 7) is 13.1. The number of rotatable bonds is 2. The third-order valence-electron chi connectivity index (χ3n) is 4.45. The average molecular weight is 321 g/mol. The van der Waals surface area contributed by atoms with Gasteiger partial charge in [0, 0.05) is 31.4 Å². The molecule has 1 fully saturated rings. The quantitative estimate of drug-likeness (QED) is 0.839. The number of carbonyl (C=O) groups excluding carboxylic acids is 1. The van der Waals surface area contributed by atoms with Gasteiger partial charge in [0.25, 0.3) is 5.91 Å². The smallest absolute Gasteiger partial charge is 0.257 e. The number of hydrogen-bond donors (Lipinski definition) is 0. The first-order chi connectivity index (χ1) is 10.6. The van der Waals surface area contributed by atoms with Gasteiger partial charge in [0.1, 0.15) is 5.82 Å². The van der Waals surface area contributed by atoms with Crippen LogP contribution in [0.3, 0.4) is 0 Å². The molecule has 1 aromatic rings. The fraction of sp³-hybridized carbons (Fsp3) is 0.667. The molecule has 3 unspecified atom stereocenters. The number of nitrogens with zero attached hydrogens (tertiary/aromatic N) is 3. The van der Waals surface area contributed by atoms with E-state index in [-0.39, 0.29) is 17.5 Å². The lowest BCUT2D eigenvalue weighted by Crippen LogP contribution is -2.60. The van der Waals surface area contributed by atoms with Crippen molar-refractivity contribution < 1.29 is 9.18 Å². The average Bonchev–Trinajstić information content (AvgIpc) is 2.45. The molecular formula is C18H28FN3O. The van der Waals surface area contributed by atoms with Gasteiger partial charge in [0.05, 0.1) is 0 Å². The standard InChI is InChI=1S/C18H28FN3O/c1-12-10-21(11-13(2)22(12)17(23)14(3)19)16-8-7-15(9-20-16)18(4,5)6/h7-9,12-14H,10-11H2,1-6H3. The van der Waals surface area contributed by atoms with Crippen LogP contribution >= 0.6 is 0 Å². The number of carbonyl (C=O) groups is 1. The summed E-state index contributed by atoms with van der Waals surface area (Å²) in [7, 11) is 0. The van der Waals surface area contributed by atoms with E-state index in [1.165, 1.54) is 12.5 Å². The zero-order valence-corrected chi connectivity index (χ0v) is 15.0. The number of anilines is 1. The van der Waals surface area contributed by atoms with Crippen LogP contribution in [0.4, 0.5) is 10.2 Å². The number of aromatic nitrogens is 1. The number of piperazine rings is 1. The van der Waals surface area contributed by atoms with Crippen molar-refractivity contribution in [3.05, 3.63) is 23.9 Å². The monoisotopic (exact) mass is 321 g/mol. The van der Waals surface area contributed by atoms with Crippen molar-refractivity contribution in [2.75, 3.05) is 18.0 Å². The van der Waals surface area contributed by atoms with Crippen LogP contribution in [0.5, 0.6) is 0 Å². The van der Waals surface area contributed by atoms with Gasteiger partial charge >= 0.3 is 0 Å². The van der Waals surface area contributed by atoms with Crippen molar-refractivity contribution >= 4 is 11.7 Å². The number of alkyl halides is 1. The summed E-state index contributed by atoms with van der Waals surface area (Å²) in [5.74, 6) is 0.498. The predicted octanol–water partition coefficient (Wildman–Crippen LogP) is 3.16. The molecule has 0 bridgehead atoms. The van der Waals surface area contributed by atoms with E-state index in [0.717, 1.165) is 5.82 Å². The van der Waals surface area contributed by atoms with E-state index < -0.39 is 12.1 Å². The summed E-state index contributed by atoms with van der Waals surface area (Å²) >= 11 is 0. The summed E-state index contributed by atoms with van der Waals surface area (Å²) in [4.78, 5) is 20.5. The molecule has 0 spiro atoms. The molecule has 1 saturated heterocycles. The van der Waals surface area contributed by atoms with E-state index in [4.69, 9.17) is 0 Å². The van der Waals surface area contributed by atoms with Gasteiger partial charge in [-0.3, -0.25) is 4.79 Å². The Bertz CT molecular complexity index is 538. The Hall–Kier alpha value is -1.65. The Morgan fingerprint density at radius 3 is 2.22 bits per heavy atom. The highest BCUT2D eigenvalue weighted by Crippen LogP contribution is 2.25. The zero-order valence-electron chi connectivity index (χ0n) is 15.0.